The van der Waals surface area contributed by atoms with Gasteiger partial charge in [0.25, 0.3) is 0 Å². The number of benzene rings is 2. The summed E-state index contributed by atoms with van der Waals surface area (Å²) in [5.74, 6) is -3.14. The largest absolute Gasteiger partial charge is 0.507 e. The van der Waals surface area contributed by atoms with E-state index in [2.05, 4.69) is 0 Å². The van der Waals surface area contributed by atoms with E-state index >= 15 is 0 Å². The lowest BCUT2D eigenvalue weighted by Gasteiger charge is -2.39. The molecule has 0 aliphatic carbocycles. The van der Waals surface area contributed by atoms with Crippen molar-refractivity contribution in [3.63, 3.8) is 0 Å². The molecule has 3 heterocycles. The number of rotatable bonds is 6. The highest BCUT2D eigenvalue weighted by atomic mass is 16.7. The summed E-state index contributed by atoms with van der Waals surface area (Å²) in [7, 11) is 0. The van der Waals surface area contributed by atoms with Crippen LogP contribution in [0.4, 0.5) is 0 Å². The van der Waals surface area contributed by atoms with Crippen LogP contribution in [-0.2, 0) is 9.47 Å². The molecular weight excluding hydrogens is 580 g/mol. The standard InChI is InChI=1S/C27H30O16/c1-8-17(32)20(35)22(37)26(39-8)40-10-5-13(31)16-14(6-10)41-24(9-2-3-11(29)12(30)4-9)25(19(16)34)43-27-23(38)21(36)18(33)15(7-28)42-27/h2-6,8,15,17-18,20-23,26-33,35-38H,7H2,1H3/t8?,15?,17-,18+,20-,21?,22?,23?,26-,27-/m0/s1. The minimum Gasteiger partial charge on any atom is -0.507 e. The lowest BCUT2D eigenvalue weighted by atomic mass is 9.99. The molecule has 0 spiro atoms. The van der Waals surface area contributed by atoms with E-state index in [1.165, 1.54) is 13.0 Å². The van der Waals surface area contributed by atoms with Crippen molar-refractivity contribution >= 4 is 11.0 Å². The topological polar surface area (TPSA) is 269 Å². The average molecular weight is 611 g/mol. The van der Waals surface area contributed by atoms with Gasteiger partial charge in [-0.2, -0.15) is 0 Å². The van der Waals surface area contributed by atoms with Crippen LogP contribution in [0.1, 0.15) is 6.92 Å². The molecule has 0 saturated carbocycles. The molecule has 16 nitrogen and oxygen atoms in total. The molecule has 2 fully saturated rings. The Morgan fingerprint density at radius 3 is 2.05 bits per heavy atom. The zero-order valence-electron chi connectivity index (χ0n) is 22.3. The Hall–Kier alpha value is -3.71. The molecule has 1 aromatic heterocycles. The molecule has 3 aromatic rings. The fourth-order valence-corrected chi connectivity index (χ4v) is 4.81. The Balaban J connectivity index is 1.61. The van der Waals surface area contributed by atoms with E-state index in [9.17, 15) is 55.9 Å². The maximum absolute atomic E-state index is 13.7. The van der Waals surface area contributed by atoms with E-state index in [4.69, 9.17) is 23.4 Å². The van der Waals surface area contributed by atoms with Crippen LogP contribution in [0.5, 0.6) is 28.7 Å². The van der Waals surface area contributed by atoms with Gasteiger partial charge in [-0.05, 0) is 25.1 Å². The van der Waals surface area contributed by atoms with Crippen LogP contribution in [0.3, 0.4) is 0 Å². The van der Waals surface area contributed by atoms with Gasteiger partial charge in [0.2, 0.25) is 23.8 Å². The first-order valence-corrected chi connectivity index (χ1v) is 13.0. The molecule has 16 heteroatoms. The molecular formula is C27H30O16. The van der Waals surface area contributed by atoms with Crippen molar-refractivity contribution in [3.05, 3.63) is 40.6 Å². The number of ether oxygens (including phenoxy) is 4. The van der Waals surface area contributed by atoms with Gasteiger partial charge in [0.15, 0.2) is 17.3 Å². The van der Waals surface area contributed by atoms with Crippen molar-refractivity contribution in [2.45, 2.75) is 68.3 Å². The predicted octanol–water partition coefficient (Wildman–Crippen LogP) is -2.04. The van der Waals surface area contributed by atoms with Gasteiger partial charge >= 0.3 is 0 Å². The molecule has 43 heavy (non-hydrogen) atoms. The molecule has 234 valence electrons. The molecule has 2 aliphatic rings. The maximum Gasteiger partial charge on any atom is 0.239 e. The van der Waals surface area contributed by atoms with Crippen LogP contribution >= 0.6 is 0 Å². The van der Waals surface area contributed by atoms with Crippen LogP contribution < -0.4 is 14.9 Å². The lowest BCUT2D eigenvalue weighted by molar-refractivity contribution is -0.277. The third kappa shape index (κ3) is 5.55. The van der Waals surface area contributed by atoms with Gasteiger partial charge in [-0.15, -0.1) is 0 Å². The Morgan fingerprint density at radius 1 is 0.744 bits per heavy atom. The Morgan fingerprint density at radius 2 is 1.40 bits per heavy atom. The number of aliphatic hydroxyl groups is 7. The van der Waals surface area contributed by atoms with Gasteiger partial charge in [-0.3, -0.25) is 4.79 Å². The quantitative estimate of drug-likeness (QED) is 0.135. The highest BCUT2D eigenvalue weighted by Crippen LogP contribution is 2.40. The van der Waals surface area contributed by atoms with Gasteiger partial charge < -0.3 is 74.4 Å². The van der Waals surface area contributed by atoms with Crippen molar-refractivity contribution in [2.75, 3.05) is 6.61 Å². The minimum atomic E-state index is -1.92. The zero-order chi connectivity index (χ0) is 31.3. The summed E-state index contributed by atoms with van der Waals surface area (Å²) in [6.45, 7) is 0.650. The van der Waals surface area contributed by atoms with E-state index < -0.39 is 108 Å². The fourth-order valence-electron chi connectivity index (χ4n) is 4.81. The van der Waals surface area contributed by atoms with Crippen LogP contribution in [0, 0.1) is 0 Å². The number of phenolic OH excluding ortho intramolecular Hbond substituents is 3. The number of phenols is 3. The highest BCUT2D eigenvalue weighted by Gasteiger charge is 2.46. The third-order valence-corrected chi connectivity index (χ3v) is 7.29. The number of fused-ring (bicyclic) bond motifs is 1. The first kappa shape index (κ1) is 30.7. The van der Waals surface area contributed by atoms with Gasteiger partial charge in [0, 0.05) is 17.7 Å². The van der Waals surface area contributed by atoms with Crippen molar-refractivity contribution in [1.29, 1.82) is 0 Å². The summed E-state index contributed by atoms with van der Waals surface area (Å²) in [4.78, 5) is 13.7. The van der Waals surface area contributed by atoms with E-state index in [1.807, 2.05) is 0 Å². The molecule has 10 atom stereocenters. The van der Waals surface area contributed by atoms with E-state index in [1.54, 1.807) is 0 Å². The second kappa shape index (κ2) is 11.8. The molecule has 0 radical (unpaired) electrons. The summed E-state index contributed by atoms with van der Waals surface area (Å²) in [6, 6.07) is 5.43. The van der Waals surface area contributed by atoms with Crippen molar-refractivity contribution in [1.82, 2.24) is 0 Å². The summed E-state index contributed by atoms with van der Waals surface area (Å²) < 4.78 is 27.8. The zero-order valence-corrected chi connectivity index (χ0v) is 22.3. The molecule has 0 bridgehead atoms. The van der Waals surface area contributed by atoms with Crippen LogP contribution in [0.25, 0.3) is 22.3 Å². The number of aliphatic hydroxyl groups excluding tert-OH is 7. The number of hydrogen-bond acceptors (Lipinski definition) is 16. The fraction of sp³-hybridized carbons (Fsp3) is 0.444. The Labute approximate surface area is 241 Å². The highest BCUT2D eigenvalue weighted by molar-refractivity contribution is 5.88. The molecule has 5 rings (SSSR count). The van der Waals surface area contributed by atoms with Crippen molar-refractivity contribution in [2.24, 2.45) is 0 Å². The van der Waals surface area contributed by atoms with Crippen LogP contribution in [0.15, 0.2) is 39.5 Å². The van der Waals surface area contributed by atoms with Crippen molar-refractivity contribution in [3.8, 4) is 40.1 Å². The van der Waals surface area contributed by atoms with Crippen molar-refractivity contribution < 1.29 is 74.4 Å². The Bertz CT molecular complexity index is 1540. The lowest BCUT2D eigenvalue weighted by Crippen LogP contribution is -2.60. The normalized spacial score (nSPS) is 32.9. The molecule has 2 aliphatic heterocycles. The summed E-state index contributed by atoms with van der Waals surface area (Å²) >= 11 is 0. The van der Waals surface area contributed by atoms with E-state index in [0.717, 1.165) is 24.3 Å². The Kier molecular flexibility index (Phi) is 8.41. The smallest absolute Gasteiger partial charge is 0.239 e. The SMILES string of the molecule is CC1O[C@@H](Oc2cc(O)c3c(=O)c(O[C@@H]4OC(CO)[C@@H](O)C(O)C4O)c(-c4ccc(O)c(O)c4)oc3c2)C(O)[C@@H](O)[C@H]1O. The van der Waals surface area contributed by atoms with Gasteiger partial charge in [0.05, 0.1) is 12.7 Å². The molecule has 2 saturated heterocycles. The predicted molar refractivity (Wildman–Crippen MR) is 140 cm³/mol. The number of aromatic hydroxyl groups is 3. The summed E-state index contributed by atoms with van der Waals surface area (Å²) in [5.41, 5.74) is -1.40. The van der Waals surface area contributed by atoms with Gasteiger partial charge in [0.1, 0.15) is 65.2 Å². The summed E-state index contributed by atoms with van der Waals surface area (Å²) in [5, 5.41) is 101. The molecule has 2 aromatic carbocycles. The monoisotopic (exact) mass is 610 g/mol. The first-order chi connectivity index (χ1) is 20.3. The number of hydrogen-bond donors (Lipinski definition) is 10. The summed E-state index contributed by atoms with van der Waals surface area (Å²) in [6.07, 6.45) is -15.9. The average Bonchev–Trinajstić information content (AvgIpc) is 2.97. The molecule has 10 N–H and O–H groups in total. The molecule has 5 unspecified atom stereocenters. The van der Waals surface area contributed by atoms with E-state index in [0.29, 0.717) is 0 Å². The first-order valence-electron chi connectivity index (χ1n) is 13.0. The second-order valence-electron chi connectivity index (χ2n) is 10.2. The van der Waals surface area contributed by atoms with Gasteiger partial charge in [-0.1, -0.05) is 0 Å². The second-order valence-corrected chi connectivity index (χ2v) is 10.2. The van der Waals surface area contributed by atoms with Crippen LogP contribution in [0.2, 0.25) is 0 Å². The minimum absolute atomic E-state index is 0.0447. The van der Waals surface area contributed by atoms with Gasteiger partial charge in [-0.25, -0.2) is 0 Å². The van der Waals surface area contributed by atoms with Crippen LogP contribution in [-0.4, -0.2) is 119 Å². The molecule has 0 amide bonds. The van der Waals surface area contributed by atoms with E-state index in [-0.39, 0.29) is 16.9 Å². The maximum atomic E-state index is 13.7. The third-order valence-electron chi connectivity index (χ3n) is 7.29.